The van der Waals surface area contributed by atoms with Gasteiger partial charge < -0.3 is 10.7 Å². The second-order valence-corrected chi connectivity index (χ2v) is 4.84. The molecule has 0 spiro atoms. The van der Waals surface area contributed by atoms with Gasteiger partial charge >= 0.3 is 0 Å². The minimum absolute atomic E-state index is 0.172. The number of nitrogen functional groups attached to an aromatic ring is 1. The first-order chi connectivity index (χ1) is 10.6. The molecule has 0 fully saturated rings. The van der Waals surface area contributed by atoms with Crippen LogP contribution in [-0.2, 0) is 0 Å². The lowest BCUT2D eigenvalue weighted by Crippen LogP contribution is -1.89. The fraction of sp³-hybridized carbons (Fsp3) is 0. The molecule has 1 aromatic carbocycles. The lowest BCUT2D eigenvalue weighted by atomic mass is 10.2. The topological polar surface area (TPSA) is 67.6 Å². The van der Waals surface area contributed by atoms with E-state index >= 15 is 0 Å². The first kappa shape index (κ1) is 14.1. The lowest BCUT2D eigenvalue weighted by Gasteiger charge is -2.01. The van der Waals surface area contributed by atoms with Gasteiger partial charge in [0, 0.05) is 18.0 Å². The summed E-state index contributed by atoms with van der Waals surface area (Å²) in [5.41, 5.74) is 7.08. The lowest BCUT2D eigenvalue weighted by molar-refractivity contribution is 0.630. The van der Waals surface area contributed by atoms with Crippen LogP contribution >= 0.6 is 11.6 Å². The number of H-pyrrole nitrogens is 1. The monoisotopic (exact) mass is 312 g/mol. The molecule has 2 aromatic heterocycles. The van der Waals surface area contributed by atoms with E-state index in [1.807, 2.05) is 6.07 Å². The zero-order valence-electron chi connectivity index (χ0n) is 11.3. The van der Waals surface area contributed by atoms with Crippen molar-refractivity contribution in [2.24, 2.45) is 0 Å². The number of hydrogen-bond acceptors (Lipinski definition) is 3. The zero-order chi connectivity index (χ0) is 15.5. The van der Waals surface area contributed by atoms with Crippen molar-refractivity contribution in [3.05, 3.63) is 64.8 Å². The molecule has 22 heavy (non-hydrogen) atoms. The Morgan fingerprint density at radius 3 is 2.77 bits per heavy atom. The Labute approximate surface area is 131 Å². The van der Waals surface area contributed by atoms with Crippen LogP contribution in [0.25, 0.3) is 11.4 Å². The Morgan fingerprint density at radius 1 is 1.18 bits per heavy atom. The van der Waals surface area contributed by atoms with Crippen LogP contribution in [0.3, 0.4) is 0 Å². The minimum atomic E-state index is -0.479. The van der Waals surface area contributed by atoms with Gasteiger partial charge in [0.25, 0.3) is 0 Å². The molecule has 3 rings (SSSR count). The molecule has 4 nitrogen and oxygen atoms in total. The van der Waals surface area contributed by atoms with Crippen LogP contribution in [0.1, 0.15) is 11.3 Å². The Morgan fingerprint density at radius 2 is 2.05 bits per heavy atom. The van der Waals surface area contributed by atoms with E-state index in [1.54, 1.807) is 24.5 Å². The molecule has 0 aliphatic heterocycles. The number of nitrogens with zero attached hydrogens (tertiary/aromatic N) is 2. The van der Waals surface area contributed by atoms with E-state index in [2.05, 4.69) is 26.8 Å². The van der Waals surface area contributed by atoms with Crippen molar-refractivity contribution in [2.75, 3.05) is 5.73 Å². The Hall–Kier alpha value is -2.84. The van der Waals surface area contributed by atoms with Gasteiger partial charge in [-0.25, -0.2) is 9.37 Å². The largest absolute Gasteiger partial charge is 0.383 e. The van der Waals surface area contributed by atoms with Crippen molar-refractivity contribution in [1.29, 1.82) is 0 Å². The number of benzene rings is 1. The molecule has 0 atom stereocenters. The first-order valence-electron chi connectivity index (χ1n) is 6.37. The van der Waals surface area contributed by atoms with Crippen LogP contribution in [0.2, 0.25) is 5.02 Å². The molecule has 3 N–H and O–H groups in total. The summed E-state index contributed by atoms with van der Waals surface area (Å²) in [7, 11) is 0. The molecular formula is C16H10ClFN4. The molecule has 0 amide bonds. The number of aromatic amines is 1. The van der Waals surface area contributed by atoms with Gasteiger partial charge in [-0.3, -0.25) is 4.98 Å². The number of pyridine rings is 1. The van der Waals surface area contributed by atoms with E-state index in [1.165, 1.54) is 12.1 Å². The molecule has 0 saturated heterocycles. The van der Waals surface area contributed by atoms with Gasteiger partial charge in [-0.1, -0.05) is 23.6 Å². The summed E-state index contributed by atoms with van der Waals surface area (Å²) in [5, 5.41) is 0.250. The maximum absolute atomic E-state index is 13.9. The van der Waals surface area contributed by atoms with E-state index in [9.17, 15) is 4.39 Å². The van der Waals surface area contributed by atoms with Crippen LogP contribution in [0.15, 0.2) is 42.7 Å². The van der Waals surface area contributed by atoms with Crippen molar-refractivity contribution in [2.45, 2.75) is 0 Å². The molecule has 108 valence electrons. The fourth-order valence-corrected chi connectivity index (χ4v) is 2.15. The highest BCUT2D eigenvalue weighted by molar-refractivity contribution is 6.33. The third-order valence-electron chi connectivity index (χ3n) is 2.92. The van der Waals surface area contributed by atoms with Crippen LogP contribution in [0.5, 0.6) is 0 Å². The third-order valence-corrected chi connectivity index (χ3v) is 3.23. The Balaban J connectivity index is 2.01. The molecule has 0 bridgehead atoms. The van der Waals surface area contributed by atoms with E-state index in [-0.39, 0.29) is 22.2 Å². The number of hydrogen-bond donors (Lipinski definition) is 2. The second-order valence-electron chi connectivity index (χ2n) is 4.44. The van der Waals surface area contributed by atoms with E-state index in [4.69, 9.17) is 17.3 Å². The average Bonchev–Trinajstić information content (AvgIpc) is 2.87. The van der Waals surface area contributed by atoms with Crippen molar-refractivity contribution in [3.63, 3.8) is 0 Å². The molecule has 0 aliphatic carbocycles. The molecule has 2 heterocycles. The van der Waals surface area contributed by atoms with Crippen LogP contribution in [0.4, 0.5) is 10.2 Å². The van der Waals surface area contributed by atoms with Crippen molar-refractivity contribution < 1.29 is 4.39 Å². The minimum Gasteiger partial charge on any atom is -0.383 e. The highest BCUT2D eigenvalue weighted by Crippen LogP contribution is 2.29. The molecule has 0 radical (unpaired) electrons. The van der Waals surface area contributed by atoms with Crippen LogP contribution in [-0.4, -0.2) is 15.0 Å². The summed E-state index contributed by atoms with van der Waals surface area (Å²) in [4.78, 5) is 11.0. The molecular weight excluding hydrogens is 303 g/mol. The number of imidazole rings is 1. The first-order valence-corrected chi connectivity index (χ1v) is 6.75. The van der Waals surface area contributed by atoms with Crippen LogP contribution < -0.4 is 5.73 Å². The summed E-state index contributed by atoms with van der Waals surface area (Å²) in [6, 6.07) is 8.01. The maximum atomic E-state index is 13.9. The van der Waals surface area contributed by atoms with Gasteiger partial charge in [0.2, 0.25) is 0 Å². The number of anilines is 1. The van der Waals surface area contributed by atoms with Gasteiger partial charge in [0.1, 0.15) is 17.5 Å². The number of nitrogens with one attached hydrogen (secondary N) is 1. The number of halogens is 2. The predicted octanol–water partition coefficient (Wildman–Crippen LogP) is 3.25. The quantitative estimate of drug-likeness (QED) is 0.678. The third kappa shape index (κ3) is 2.78. The number of aromatic nitrogens is 3. The van der Waals surface area contributed by atoms with Gasteiger partial charge in [0.15, 0.2) is 5.69 Å². The molecule has 6 heteroatoms. The molecule has 0 unspecified atom stereocenters. The van der Waals surface area contributed by atoms with Crippen molar-refractivity contribution in [3.8, 4) is 23.2 Å². The van der Waals surface area contributed by atoms with E-state index in [0.29, 0.717) is 5.69 Å². The second kappa shape index (κ2) is 5.88. The molecule has 0 saturated carbocycles. The van der Waals surface area contributed by atoms with Gasteiger partial charge in [-0.15, -0.1) is 0 Å². The highest BCUT2D eigenvalue weighted by atomic mass is 35.5. The SMILES string of the molecule is Nc1[nH]c(-c2c(F)cccc2Cl)nc1C#Cc1cccnc1. The van der Waals surface area contributed by atoms with Crippen molar-refractivity contribution in [1.82, 2.24) is 15.0 Å². The maximum Gasteiger partial charge on any atom is 0.156 e. The van der Waals surface area contributed by atoms with Gasteiger partial charge in [0.05, 0.1) is 10.6 Å². The van der Waals surface area contributed by atoms with E-state index in [0.717, 1.165) is 5.56 Å². The smallest absolute Gasteiger partial charge is 0.156 e. The summed E-state index contributed by atoms with van der Waals surface area (Å²) in [6.07, 6.45) is 3.29. The summed E-state index contributed by atoms with van der Waals surface area (Å²) >= 11 is 6.01. The predicted molar refractivity (Wildman–Crippen MR) is 83.6 cm³/mol. The van der Waals surface area contributed by atoms with E-state index < -0.39 is 5.82 Å². The normalized spacial score (nSPS) is 10.1. The summed E-state index contributed by atoms with van der Waals surface area (Å²) in [5.74, 6) is 5.75. The fourth-order valence-electron chi connectivity index (χ4n) is 1.89. The number of nitrogens with two attached hydrogens (primary N) is 1. The summed E-state index contributed by atoms with van der Waals surface area (Å²) < 4.78 is 13.9. The Bertz CT molecular complexity index is 858. The van der Waals surface area contributed by atoms with Crippen LogP contribution in [0, 0.1) is 17.7 Å². The highest BCUT2D eigenvalue weighted by Gasteiger charge is 2.14. The van der Waals surface area contributed by atoms with Gasteiger partial charge in [-0.2, -0.15) is 0 Å². The van der Waals surface area contributed by atoms with Gasteiger partial charge in [-0.05, 0) is 30.2 Å². The molecule has 0 aliphatic rings. The molecule has 3 aromatic rings. The standard InChI is InChI=1S/C16H10ClFN4/c17-11-4-1-5-12(18)14(11)16-21-13(15(19)22-16)7-6-10-3-2-8-20-9-10/h1-5,8-9H,19H2,(H,21,22). The van der Waals surface area contributed by atoms with Crippen molar-refractivity contribution >= 4 is 17.4 Å². The number of rotatable bonds is 1. The zero-order valence-corrected chi connectivity index (χ0v) is 12.0. The summed E-state index contributed by atoms with van der Waals surface area (Å²) in [6.45, 7) is 0. The Kier molecular flexibility index (Phi) is 3.77. The average molecular weight is 313 g/mol.